The van der Waals surface area contributed by atoms with Gasteiger partial charge in [0.05, 0.1) is 22.9 Å². The zero-order valence-corrected chi connectivity index (χ0v) is 16.0. The van der Waals surface area contributed by atoms with E-state index in [1.54, 1.807) is 36.7 Å². The van der Waals surface area contributed by atoms with Gasteiger partial charge in [0.25, 0.3) is 10.0 Å². The molecule has 1 fully saturated rings. The Labute approximate surface area is 162 Å². The van der Waals surface area contributed by atoms with Crippen molar-refractivity contribution >= 4 is 37.6 Å². The highest BCUT2D eigenvalue weighted by Gasteiger charge is 2.22. The molecule has 0 unspecified atom stereocenters. The van der Waals surface area contributed by atoms with Gasteiger partial charge < -0.3 is 14.6 Å². The summed E-state index contributed by atoms with van der Waals surface area (Å²) < 4.78 is 33.0. The molecule has 2 aromatic heterocycles. The minimum Gasteiger partial charge on any atom is -0.464 e. The maximum atomic E-state index is 13.3. The summed E-state index contributed by atoms with van der Waals surface area (Å²) in [6.07, 6.45) is 4.19. The lowest BCUT2D eigenvalue weighted by Crippen LogP contribution is -2.27. The van der Waals surface area contributed by atoms with Gasteiger partial charge in [0.1, 0.15) is 5.58 Å². The summed E-state index contributed by atoms with van der Waals surface area (Å²) in [6, 6.07) is 12.5. The Morgan fingerprint density at radius 3 is 2.82 bits per heavy atom. The highest BCUT2D eigenvalue weighted by molar-refractivity contribution is 7.90. The van der Waals surface area contributed by atoms with Crippen molar-refractivity contribution in [2.75, 3.05) is 31.1 Å². The van der Waals surface area contributed by atoms with Crippen molar-refractivity contribution in [1.82, 2.24) is 14.5 Å². The van der Waals surface area contributed by atoms with E-state index in [2.05, 4.69) is 15.3 Å². The highest BCUT2D eigenvalue weighted by Crippen LogP contribution is 2.27. The van der Waals surface area contributed by atoms with Crippen LogP contribution in [0.3, 0.4) is 0 Å². The van der Waals surface area contributed by atoms with Crippen LogP contribution in [0.1, 0.15) is 6.42 Å². The van der Waals surface area contributed by atoms with Gasteiger partial charge >= 0.3 is 0 Å². The normalized spacial score (nSPS) is 15.9. The third-order valence-corrected chi connectivity index (χ3v) is 6.78. The first kappa shape index (κ1) is 17.3. The van der Waals surface area contributed by atoms with Gasteiger partial charge in [-0.2, -0.15) is 17.6 Å². The lowest BCUT2D eigenvalue weighted by atomic mass is 10.2. The molecule has 0 bridgehead atoms. The van der Waals surface area contributed by atoms with E-state index < -0.39 is 10.0 Å². The van der Waals surface area contributed by atoms with E-state index in [-0.39, 0.29) is 4.90 Å². The molecule has 5 rings (SSSR count). The van der Waals surface area contributed by atoms with Crippen molar-refractivity contribution < 1.29 is 12.8 Å². The van der Waals surface area contributed by atoms with E-state index in [0.29, 0.717) is 11.1 Å². The number of anilines is 1. The van der Waals surface area contributed by atoms with Crippen LogP contribution in [0.25, 0.3) is 21.9 Å². The minimum atomic E-state index is -3.83. The van der Waals surface area contributed by atoms with Gasteiger partial charge in [0.2, 0.25) is 0 Å². The average Bonchev–Trinajstić information content (AvgIpc) is 3.26. The van der Waals surface area contributed by atoms with E-state index in [1.807, 2.05) is 18.2 Å². The summed E-state index contributed by atoms with van der Waals surface area (Å²) >= 11 is 0. The Hall–Kier alpha value is -2.84. The van der Waals surface area contributed by atoms with E-state index in [1.165, 1.54) is 0 Å². The third kappa shape index (κ3) is 2.85. The van der Waals surface area contributed by atoms with Crippen molar-refractivity contribution in [3.05, 3.63) is 54.9 Å². The first-order valence-corrected chi connectivity index (χ1v) is 10.7. The molecule has 144 valence electrons. The SMILES string of the molecule is O=S(=O)(c1ccc2ccoc2c1)n1ncc2ccc(N3CCCNCC3)cc21. The number of rotatable bonds is 3. The molecule has 28 heavy (non-hydrogen) atoms. The van der Waals surface area contributed by atoms with E-state index in [0.717, 1.165) is 53.1 Å². The van der Waals surface area contributed by atoms with Crippen molar-refractivity contribution in [3.8, 4) is 0 Å². The number of aromatic nitrogens is 2. The second-order valence-electron chi connectivity index (χ2n) is 6.95. The number of hydrogen-bond donors (Lipinski definition) is 1. The standard InChI is InChI=1S/C20H20N4O3S/c25-28(26,18-5-3-15-6-11-27-20(15)13-18)24-19-12-17(4-2-16(19)14-22-24)23-9-1-7-21-8-10-23/h2-6,11-14,21H,1,7-10H2. The van der Waals surface area contributed by atoms with Crippen LogP contribution in [0.2, 0.25) is 0 Å². The van der Waals surface area contributed by atoms with Crippen LogP contribution in [0.4, 0.5) is 5.69 Å². The number of hydrogen-bond acceptors (Lipinski definition) is 6. The Bertz CT molecular complexity index is 1250. The third-order valence-electron chi connectivity index (χ3n) is 5.18. The highest BCUT2D eigenvalue weighted by atomic mass is 32.2. The minimum absolute atomic E-state index is 0.157. The fourth-order valence-electron chi connectivity index (χ4n) is 3.67. The average molecular weight is 396 g/mol. The van der Waals surface area contributed by atoms with Gasteiger partial charge in [-0.25, -0.2) is 0 Å². The first-order valence-electron chi connectivity index (χ1n) is 9.29. The fourth-order valence-corrected chi connectivity index (χ4v) is 4.96. The van der Waals surface area contributed by atoms with Crippen LogP contribution in [-0.4, -0.2) is 43.8 Å². The molecule has 1 saturated heterocycles. The molecule has 7 nitrogen and oxygen atoms in total. The second kappa shape index (κ2) is 6.65. The summed E-state index contributed by atoms with van der Waals surface area (Å²) in [7, 11) is -3.83. The molecule has 4 aromatic rings. The van der Waals surface area contributed by atoms with Gasteiger partial charge in [0, 0.05) is 42.2 Å². The molecule has 3 heterocycles. The van der Waals surface area contributed by atoms with Crippen LogP contribution in [0, 0.1) is 0 Å². The predicted octanol–water partition coefficient (Wildman–Crippen LogP) is 2.82. The summed E-state index contributed by atoms with van der Waals surface area (Å²) in [6.45, 7) is 3.75. The van der Waals surface area contributed by atoms with Crippen molar-refractivity contribution in [2.45, 2.75) is 11.3 Å². The zero-order chi connectivity index (χ0) is 19.1. The molecule has 0 radical (unpaired) electrons. The Morgan fingerprint density at radius 1 is 1.00 bits per heavy atom. The molecule has 1 N–H and O–H groups in total. The van der Waals surface area contributed by atoms with Gasteiger partial charge in [-0.15, -0.1) is 0 Å². The van der Waals surface area contributed by atoms with E-state index in [9.17, 15) is 8.42 Å². The second-order valence-corrected chi connectivity index (χ2v) is 8.71. The summed E-state index contributed by atoms with van der Waals surface area (Å²) in [5, 5.41) is 9.22. The van der Waals surface area contributed by atoms with Crippen LogP contribution in [-0.2, 0) is 10.0 Å². The Morgan fingerprint density at radius 2 is 1.89 bits per heavy atom. The summed E-state index contributed by atoms with van der Waals surface area (Å²) in [5.41, 5.74) is 2.12. The molecule has 0 aliphatic carbocycles. The molecule has 0 saturated carbocycles. The van der Waals surface area contributed by atoms with Gasteiger partial charge in [-0.1, -0.05) is 0 Å². The van der Waals surface area contributed by atoms with Gasteiger partial charge in [0.15, 0.2) is 0 Å². The Kier molecular flexibility index (Phi) is 4.10. The molecule has 8 heteroatoms. The number of fused-ring (bicyclic) bond motifs is 2. The van der Waals surface area contributed by atoms with Crippen molar-refractivity contribution in [2.24, 2.45) is 0 Å². The quantitative estimate of drug-likeness (QED) is 0.574. The van der Waals surface area contributed by atoms with Crippen molar-refractivity contribution in [1.29, 1.82) is 0 Å². The predicted molar refractivity (Wildman–Crippen MR) is 108 cm³/mol. The van der Waals surface area contributed by atoms with E-state index in [4.69, 9.17) is 4.42 Å². The lowest BCUT2D eigenvalue weighted by Gasteiger charge is -2.22. The largest absolute Gasteiger partial charge is 0.464 e. The maximum absolute atomic E-state index is 13.3. The van der Waals surface area contributed by atoms with Gasteiger partial charge in [-0.3, -0.25) is 0 Å². The summed E-state index contributed by atoms with van der Waals surface area (Å²) in [5.74, 6) is 0. The molecular formula is C20H20N4O3S. The number of benzene rings is 2. The van der Waals surface area contributed by atoms with Crippen molar-refractivity contribution in [3.63, 3.8) is 0 Å². The zero-order valence-electron chi connectivity index (χ0n) is 15.2. The lowest BCUT2D eigenvalue weighted by molar-refractivity contribution is 0.581. The molecule has 0 amide bonds. The molecule has 1 aliphatic heterocycles. The van der Waals surface area contributed by atoms with Crippen LogP contribution >= 0.6 is 0 Å². The van der Waals surface area contributed by atoms with E-state index >= 15 is 0 Å². The summed E-state index contributed by atoms with van der Waals surface area (Å²) in [4.78, 5) is 2.43. The van der Waals surface area contributed by atoms with Crippen LogP contribution < -0.4 is 10.2 Å². The van der Waals surface area contributed by atoms with Gasteiger partial charge in [-0.05, 0) is 49.4 Å². The maximum Gasteiger partial charge on any atom is 0.283 e. The number of nitrogens with zero attached hydrogens (tertiary/aromatic N) is 3. The number of furan rings is 1. The fraction of sp³-hybridized carbons (Fsp3) is 0.250. The molecule has 1 aliphatic rings. The molecule has 0 spiro atoms. The Balaban J connectivity index is 1.60. The molecule has 2 aromatic carbocycles. The number of nitrogens with one attached hydrogen (secondary N) is 1. The topological polar surface area (TPSA) is 80.4 Å². The monoisotopic (exact) mass is 396 g/mol. The van der Waals surface area contributed by atoms with Crippen LogP contribution in [0.15, 0.2) is 64.2 Å². The van der Waals surface area contributed by atoms with Crippen LogP contribution in [0.5, 0.6) is 0 Å². The smallest absolute Gasteiger partial charge is 0.283 e. The molecule has 0 atom stereocenters. The first-order chi connectivity index (χ1) is 13.6. The molecular weight excluding hydrogens is 376 g/mol.